The molecule has 3 aromatic rings. The molecule has 22 heavy (non-hydrogen) atoms. The first-order chi connectivity index (χ1) is 10.6. The van der Waals surface area contributed by atoms with Gasteiger partial charge in [-0.2, -0.15) is 0 Å². The molecule has 1 N–H and O–H groups in total. The van der Waals surface area contributed by atoms with Gasteiger partial charge in [0.2, 0.25) is 0 Å². The summed E-state index contributed by atoms with van der Waals surface area (Å²) in [6.07, 6.45) is 0. The Kier molecular flexibility index (Phi) is 2.66. The minimum atomic E-state index is -0.197. The number of aromatic nitrogens is 3. The lowest BCUT2D eigenvalue weighted by Gasteiger charge is -2.14. The second-order valence-electron chi connectivity index (χ2n) is 5.52. The molecule has 0 saturated carbocycles. The molecule has 6 nitrogen and oxygen atoms in total. The number of aryl methyl sites for hydroxylation is 1. The Morgan fingerprint density at radius 3 is 2.77 bits per heavy atom. The lowest BCUT2D eigenvalue weighted by molar-refractivity contribution is 0.0762. The van der Waals surface area contributed by atoms with E-state index in [1.54, 1.807) is 11.0 Å². The number of carbonyl (C=O) groups is 1. The van der Waals surface area contributed by atoms with Gasteiger partial charge in [0.05, 0.1) is 12.1 Å². The van der Waals surface area contributed by atoms with Crippen molar-refractivity contribution < 1.29 is 4.79 Å². The highest BCUT2D eigenvalue weighted by molar-refractivity contribution is 5.96. The van der Waals surface area contributed by atoms with Crippen molar-refractivity contribution in [3.63, 3.8) is 0 Å². The van der Waals surface area contributed by atoms with E-state index in [4.69, 9.17) is 0 Å². The van der Waals surface area contributed by atoms with Gasteiger partial charge >= 0.3 is 0 Å². The monoisotopic (exact) mass is 294 g/mol. The van der Waals surface area contributed by atoms with E-state index >= 15 is 0 Å². The average molecular weight is 294 g/mol. The van der Waals surface area contributed by atoms with Crippen LogP contribution in [0.2, 0.25) is 0 Å². The summed E-state index contributed by atoms with van der Waals surface area (Å²) < 4.78 is 1.40. The van der Waals surface area contributed by atoms with E-state index in [0.29, 0.717) is 24.3 Å². The number of aromatic amines is 1. The number of amides is 1. The molecule has 1 aromatic carbocycles. The molecule has 1 aliphatic heterocycles. The van der Waals surface area contributed by atoms with Crippen LogP contribution < -0.4 is 5.56 Å². The number of nitrogens with one attached hydrogen (secondary N) is 1. The smallest absolute Gasteiger partial charge is 0.278 e. The average Bonchev–Trinajstić information content (AvgIpc) is 3.03. The van der Waals surface area contributed by atoms with Crippen LogP contribution in [0.25, 0.3) is 5.65 Å². The third-order valence-electron chi connectivity index (χ3n) is 3.89. The molecule has 0 aliphatic carbocycles. The van der Waals surface area contributed by atoms with E-state index in [1.807, 2.05) is 37.3 Å². The molecule has 4 rings (SSSR count). The number of carbonyl (C=O) groups excluding carboxylic acids is 1. The van der Waals surface area contributed by atoms with Crippen molar-refractivity contribution in [2.75, 3.05) is 0 Å². The quantitative estimate of drug-likeness (QED) is 0.778. The number of benzene rings is 1. The minimum Gasteiger partial charge on any atom is -0.328 e. The molecule has 2 aromatic heterocycles. The second-order valence-corrected chi connectivity index (χ2v) is 5.52. The zero-order chi connectivity index (χ0) is 15.3. The summed E-state index contributed by atoms with van der Waals surface area (Å²) in [4.78, 5) is 31.0. The highest BCUT2D eigenvalue weighted by Gasteiger charge is 2.32. The third kappa shape index (κ3) is 1.84. The molecule has 0 spiro atoms. The van der Waals surface area contributed by atoms with Crippen molar-refractivity contribution in [2.45, 2.75) is 20.0 Å². The maximum atomic E-state index is 12.5. The van der Waals surface area contributed by atoms with Crippen LogP contribution in [0.3, 0.4) is 0 Å². The molecule has 0 saturated heterocycles. The van der Waals surface area contributed by atoms with E-state index in [2.05, 4.69) is 10.1 Å². The second kappa shape index (κ2) is 4.56. The van der Waals surface area contributed by atoms with Gasteiger partial charge in [-0.1, -0.05) is 30.3 Å². The summed E-state index contributed by atoms with van der Waals surface area (Å²) >= 11 is 0. The summed E-state index contributed by atoms with van der Waals surface area (Å²) in [5.74, 6) is -0.183. The largest absolute Gasteiger partial charge is 0.328 e. The number of nitrogens with zero attached hydrogens (tertiary/aromatic N) is 3. The summed E-state index contributed by atoms with van der Waals surface area (Å²) in [7, 11) is 0. The van der Waals surface area contributed by atoms with Crippen molar-refractivity contribution >= 4 is 11.6 Å². The standard InChI is InChI=1S/C16H14N4O2/c1-10-7-13-17-14-12(15(21)20(13)18-10)9-19(16(14)22)8-11-5-3-2-4-6-11/h2-7,18H,8-9H2,1H3. The number of hydrogen-bond donors (Lipinski definition) is 1. The van der Waals surface area contributed by atoms with Crippen LogP contribution in [-0.4, -0.2) is 25.4 Å². The van der Waals surface area contributed by atoms with Crippen LogP contribution in [0.15, 0.2) is 41.2 Å². The lowest BCUT2D eigenvalue weighted by atomic mass is 10.2. The van der Waals surface area contributed by atoms with Crippen molar-refractivity contribution in [1.29, 1.82) is 0 Å². The predicted molar refractivity (Wildman–Crippen MR) is 80.6 cm³/mol. The van der Waals surface area contributed by atoms with E-state index in [-0.39, 0.29) is 17.2 Å². The van der Waals surface area contributed by atoms with E-state index in [0.717, 1.165) is 11.3 Å². The van der Waals surface area contributed by atoms with Gasteiger partial charge in [-0.3, -0.25) is 14.7 Å². The molecule has 0 unspecified atom stereocenters. The van der Waals surface area contributed by atoms with Gasteiger partial charge in [0.15, 0.2) is 5.65 Å². The van der Waals surface area contributed by atoms with Crippen LogP contribution in [0.4, 0.5) is 0 Å². The van der Waals surface area contributed by atoms with Gasteiger partial charge in [-0.15, -0.1) is 0 Å². The summed E-state index contributed by atoms with van der Waals surface area (Å²) in [5.41, 5.74) is 2.89. The molecule has 1 aliphatic rings. The van der Waals surface area contributed by atoms with Crippen LogP contribution in [0, 0.1) is 6.92 Å². The number of hydrogen-bond acceptors (Lipinski definition) is 3. The Balaban J connectivity index is 1.75. The van der Waals surface area contributed by atoms with Gasteiger partial charge in [-0.25, -0.2) is 9.50 Å². The molecule has 0 fully saturated rings. The zero-order valence-electron chi connectivity index (χ0n) is 12.0. The topological polar surface area (TPSA) is 70.5 Å². The Morgan fingerprint density at radius 2 is 2.00 bits per heavy atom. The van der Waals surface area contributed by atoms with E-state index < -0.39 is 0 Å². The highest BCUT2D eigenvalue weighted by Crippen LogP contribution is 2.21. The fourth-order valence-corrected chi connectivity index (χ4v) is 2.84. The van der Waals surface area contributed by atoms with Gasteiger partial charge in [0, 0.05) is 18.3 Å². The summed E-state index contributed by atoms with van der Waals surface area (Å²) in [6, 6.07) is 11.5. The van der Waals surface area contributed by atoms with Crippen molar-refractivity contribution in [3.8, 4) is 0 Å². The summed E-state index contributed by atoms with van der Waals surface area (Å²) in [5, 5.41) is 2.95. The van der Waals surface area contributed by atoms with Crippen molar-refractivity contribution in [2.24, 2.45) is 0 Å². The van der Waals surface area contributed by atoms with Crippen LogP contribution in [-0.2, 0) is 13.1 Å². The first-order valence-corrected chi connectivity index (χ1v) is 7.08. The maximum Gasteiger partial charge on any atom is 0.278 e. The van der Waals surface area contributed by atoms with Crippen LogP contribution in [0.1, 0.15) is 27.3 Å². The van der Waals surface area contributed by atoms with Crippen molar-refractivity contribution in [3.05, 3.63) is 69.3 Å². The minimum absolute atomic E-state index is 0.183. The SMILES string of the molecule is Cc1cc2nc3c(c(=O)n2[nH]1)CN(Cc1ccccc1)C3=O. The Bertz CT molecular complexity index is 940. The van der Waals surface area contributed by atoms with E-state index in [1.165, 1.54) is 4.52 Å². The fraction of sp³-hybridized carbons (Fsp3) is 0.188. The zero-order valence-corrected chi connectivity index (χ0v) is 12.0. The molecular formula is C16H14N4O2. The van der Waals surface area contributed by atoms with Gasteiger partial charge in [0.1, 0.15) is 5.69 Å². The molecular weight excluding hydrogens is 280 g/mol. The number of rotatable bonds is 2. The lowest BCUT2D eigenvalue weighted by Crippen LogP contribution is -2.23. The normalized spacial score (nSPS) is 13.9. The first-order valence-electron chi connectivity index (χ1n) is 7.08. The van der Waals surface area contributed by atoms with E-state index in [9.17, 15) is 9.59 Å². The summed E-state index contributed by atoms with van der Waals surface area (Å²) in [6.45, 7) is 2.63. The molecule has 6 heteroatoms. The highest BCUT2D eigenvalue weighted by atomic mass is 16.2. The Hall–Kier alpha value is -2.89. The Labute approximate surface area is 126 Å². The molecule has 0 radical (unpaired) electrons. The molecule has 0 atom stereocenters. The fourth-order valence-electron chi connectivity index (χ4n) is 2.84. The van der Waals surface area contributed by atoms with Gasteiger partial charge in [-0.05, 0) is 12.5 Å². The Morgan fingerprint density at radius 1 is 1.23 bits per heavy atom. The van der Waals surface area contributed by atoms with Gasteiger partial charge in [0.25, 0.3) is 11.5 Å². The van der Waals surface area contributed by atoms with Gasteiger partial charge < -0.3 is 4.90 Å². The number of fused-ring (bicyclic) bond motifs is 2. The molecule has 110 valence electrons. The number of H-pyrrole nitrogens is 1. The maximum absolute atomic E-state index is 12.5. The van der Waals surface area contributed by atoms with Crippen LogP contribution >= 0.6 is 0 Å². The first kappa shape index (κ1) is 12.8. The predicted octanol–water partition coefficient (Wildman–Crippen LogP) is 1.49. The molecule has 3 heterocycles. The third-order valence-corrected chi connectivity index (χ3v) is 3.89. The van der Waals surface area contributed by atoms with Crippen molar-refractivity contribution in [1.82, 2.24) is 19.5 Å². The van der Waals surface area contributed by atoms with Crippen LogP contribution in [0.5, 0.6) is 0 Å². The molecule has 0 bridgehead atoms. The molecule has 1 amide bonds.